The minimum Gasteiger partial charge on any atom is -0.386 e. The van der Waals surface area contributed by atoms with E-state index in [0.717, 1.165) is 24.9 Å². The van der Waals surface area contributed by atoms with Crippen LogP contribution in [0, 0.1) is 0 Å². The molecule has 1 atom stereocenters. The maximum absolute atomic E-state index is 11.1. The molecule has 3 nitrogen and oxygen atoms in total. The van der Waals surface area contributed by atoms with E-state index in [9.17, 15) is 5.11 Å². The zero-order chi connectivity index (χ0) is 15.9. The topological polar surface area (TPSA) is 36.4 Å². The molecule has 2 aromatic rings. The van der Waals surface area contributed by atoms with Crippen LogP contribution in [0.5, 0.6) is 0 Å². The Labute approximate surface area is 141 Å². The number of rotatable bonds is 4. The number of halogens is 1. The average Bonchev–Trinajstić information content (AvgIpc) is 3.11. The number of aromatic nitrogens is 1. The molecular weight excluding hydrogens is 308 g/mol. The molecule has 0 spiro atoms. The first kappa shape index (κ1) is 15.1. The Morgan fingerprint density at radius 3 is 2.57 bits per heavy atom. The second kappa shape index (κ2) is 5.90. The molecule has 1 aromatic heterocycles. The van der Waals surface area contributed by atoms with E-state index in [1.54, 1.807) is 12.3 Å². The minimum atomic E-state index is -0.511. The fraction of sp³-hybridized carbons (Fsp3) is 0.421. The molecule has 4 heteroatoms. The molecule has 2 aliphatic rings. The Morgan fingerprint density at radius 2 is 1.91 bits per heavy atom. The molecule has 2 fully saturated rings. The molecule has 23 heavy (non-hydrogen) atoms. The summed E-state index contributed by atoms with van der Waals surface area (Å²) in [7, 11) is 0. The van der Waals surface area contributed by atoms with Crippen molar-refractivity contribution in [1.29, 1.82) is 0 Å². The summed E-state index contributed by atoms with van der Waals surface area (Å²) < 4.78 is 0. The summed E-state index contributed by atoms with van der Waals surface area (Å²) in [5.41, 5.74) is 2.03. The predicted octanol–water partition coefficient (Wildman–Crippen LogP) is 3.97. The Kier molecular flexibility index (Phi) is 3.88. The number of benzene rings is 1. The number of aliphatic hydroxyl groups excluding tert-OH is 1. The van der Waals surface area contributed by atoms with Crippen molar-refractivity contribution < 1.29 is 5.11 Å². The Morgan fingerprint density at radius 1 is 1.17 bits per heavy atom. The molecule has 2 bridgehead atoms. The zero-order valence-electron chi connectivity index (χ0n) is 13.0. The summed E-state index contributed by atoms with van der Waals surface area (Å²) in [6, 6.07) is 14.8. The molecule has 3 heterocycles. The van der Waals surface area contributed by atoms with Gasteiger partial charge in [0, 0.05) is 24.3 Å². The van der Waals surface area contributed by atoms with Gasteiger partial charge in [-0.1, -0.05) is 48.0 Å². The summed E-state index contributed by atoms with van der Waals surface area (Å²) in [5, 5.41) is 11.6. The van der Waals surface area contributed by atoms with E-state index in [1.807, 2.05) is 12.1 Å². The largest absolute Gasteiger partial charge is 0.386 e. The van der Waals surface area contributed by atoms with Crippen LogP contribution in [0.4, 0.5) is 0 Å². The smallest absolute Gasteiger partial charge is 0.129 e. The molecule has 0 amide bonds. The fourth-order valence-electron chi connectivity index (χ4n) is 4.42. The third-order valence-electron chi connectivity index (χ3n) is 5.60. The van der Waals surface area contributed by atoms with Gasteiger partial charge < -0.3 is 5.11 Å². The lowest BCUT2D eigenvalue weighted by molar-refractivity contribution is -0.00280. The molecule has 0 saturated carbocycles. The summed E-state index contributed by atoms with van der Waals surface area (Å²) >= 11 is 5.89. The first-order valence-electron chi connectivity index (χ1n) is 8.29. The van der Waals surface area contributed by atoms with Crippen LogP contribution in [0.1, 0.15) is 42.9 Å². The van der Waals surface area contributed by atoms with Crippen LogP contribution in [0.15, 0.2) is 48.7 Å². The van der Waals surface area contributed by atoms with Crippen LogP contribution in [-0.4, -0.2) is 26.6 Å². The molecule has 0 aliphatic carbocycles. The minimum absolute atomic E-state index is 0.157. The lowest BCUT2D eigenvalue weighted by Gasteiger charge is -2.39. The standard InChI is InChI=1S/C19H21ClN2O/c20-17-7-6-15(12-21-17)18(23)19-10-8-16(9-11-19)22(19)13-14-4-2-1-3-5-14/h1-7,12,16,18,23H,8-11,13H2. The molecule has 1 aromatic carbocycles. The van der Waals surface area contributed by atoms with Gasteiger partial charge in [-0.2, -0.15) is 0 Å². The molecule has 1 N–H and O–H groups in total. The zero-order valence-corrected chi connectivity index (χ0v) is 13.8. The first-order chi connectivity index (χ1) is 11.2. The van der Waals surface area contributed by atoms with E-state index < -0.39 is 6.10 Å². The monoisotopic (exact) mass is 328 g/mol. The third-order valence-corrected chi connectivity index (χ3v) is 5.83. The highest BCUT2D eigenvalue weighted by molar-refractivity contribution is 6.29. The second-order valence-corrected chi connectivity index (χ2v) is 7.15. The Bertz CT molecular complexity index is 666. The molecule has 120 valence electrons. The van der Waals surface area contributed by atoms with Crippen molar-refractivity contribution in [2.45, 2.75) is 49.9 Å². The summed E-state index contributed by atoms with van der Waals surface area (Å²) in [5.74, 6) is 0. The predicted molar refractivity (Wildman–Crippen MR) is 91.2 cm³/mol. The summed E-state index contributed by atoms with van der Waals surface area (Å²) in [4.78, 5) is 6.68. The van der Waals surface area contributed by atoms with E-state index in [0.29, 0.717) is 11.2 Å². The van der Waals surface area contributed by atoms with Gasteiger partial charge >= 0.3 is 0 Å². The van der Waals surface area contributed by atoms with E-state index >= 15 is 0 Å². The van der Waals surface area contributed by atoms with Crippen molar-refractivity contribution in [3.05, 3.63) is 64.9 Å². The highest BCUT2D eigenvalue weighted by Gasteiger charge is 2.55. The molecule has 2 aliphatic heterocycles. The van der Waals surface area contributed by atoms with Crippen LogP contribution < -0.4 is 0 Å². The van der Waals surface area contributed by atoms with Gasteiger partial charge in [-0.3, -0.25) is 4.90 Å². The van der Waals surface area contributed by atoms with Crippen LogP contribution in [0.2, 0.25) is 5.15 Å². The molecule has 2 saturated heterocycles. The van der Waals surface area contributed by atoms with Crippen molar-refractivity contribution in [1.82, 2.24) is 9.88 Å². The van der Waals surface area contributed by atoms with E-state index in [1.165, 1.54) is 18.4 Å². The Balaban J connectivity index is 1.63. The molecule has 1 unspecified atom stereocenters. The quantitative estimate of drug-likeness (QED) is 0.863. The van der Waals surface area contributed by atoms with Gasteiger partial charge in [0.15, 0.2) is 0 Å². The maximum Gasteiger partial charge on any atom is 0.129 e. The second-order valence-electron chi connectivity index (χ2n) is 6.77. The molecular formula is C19H21ClN2O. The number of hydrogen-bond donors (Lipinski definition) is 1. The van der Waals surface area contributed by atoms with Crippen LogP contribution >= 0.6 is 11.6 Å². The van der Waals surface area contributed by atoms with Gasteiger partial charge in [-0.25, -0.2) is 4.98 Å². The van der Waals surface area contributed by atoms with Crippen molar-refractivity contribution >= 4 is 11.6 Å². The van der Waals surface area contributed by atoms with Crippen molar-refractivity contribution in [2.75, 3.05) is 0 Å². The van der Waals surface area contributed by atoms with Crippen molar-refractivity contribution in [2.24, 2.45) is 0 Å². The summed E-state index contributed by atoms with van der Waals surface area (Å²) in [6.07, 6.45) is 5.65. The van der Waals surface area contributed by atoms with Gasteiger partial charge in [-0.05, 0) is 37.3 Å². The van der Waals surface area contributed by atoms with E-state index in [4.69, 9.17) is 11.6 Å². The summed E-state index contributed by atoms with van der Waals surface area (Å²) in [6.45, 7) is 0.906. The number of aliphatic hydroxyl groups is 1. The first-order valence-corrected chi connectivity index (χ1v) is 8.67. The molecule has 0 radical (unpaired) electrons. The SMILES string of the molecule is OC(c1ccc(Cl)nc1)C12CCC(CC1)N2Cc1ccccc1. The fourth-order valence-corrected chi connectivity index (χ4v) is 4.53. The number of hydrogen-bond acceptors (Lipinski definition) is 3. The van der Waals surface area contributed by atoms with Crippen molar-refractivity contribution in [3.63, 3.8) is 0 Å². The van der Waals surface area contributed by atoms with Crippen molar-refractivity contribution in [3.8, 4) is 0 Å². The highest BCUT2D eigenvalue weighted by Crippen LogP contribution is 2.53. The maximum atomic E-state index is 11.1. The third kappa shape index (κ3) is 2.57. The van der Waals surface area contributed by atoms with Crippen LogP contribution in [0.3, 0.4) is 0 Å². The van der Waals surface area contributed by atoms with Crippen LogP contribution in [0.25, 0.3) is 0 Å². The number of nitrogens with zero attached hydrogens (tertiary/aromatic N) is 2. The number of fused-ring (bicyclic) bond motifs is 2. The Hall–Kier alpha value is -1.42. The van der Waals surface area contributed by atoms with Gasteiger partial charge in [0.1, 0.15) is 5.15 Å². The lowest BCUT2D eigenvalue weighted by Crippen LogP contribution is -2.45. The van der Waals surface area contributed by atoms with Gasteiger partial charge in [0.05, 0.1) is 11.6 Å². The normalized spacial score (nSPS) is 28.2. The van der Waals surface area contributed by atoms with Gasteiger partial charge in [0.2, 0.25) is 0 Å². The van der Waals surface area contributed by atoms with E-state index in [2.05, 4.69) is 34.1 Å². The number of pyridine rings is 1. The van der Waals surface area contributed by atoms with E-state index in [-0.39, 0.29) is 5.54 Å². The van der Waals surface area contributed by atoms with Crippen LogP contribution in [-0.2, 0) is 6.54 Å². The highest BCUT2D eigenvalue weighted by atomic mass is 35.5. The van der Waals surface area contributed by atoms with Gasteiger partial charge in [0.25, 0.3) is 0 Å². The average molecular weight is 329 g/mol. The van der Waals surface area contributed by atoms with Gasteiger partial charge in [-0.15, -0.1) is 0 Å². The lowest BCUT2D eigenvalue weighted by atomic mass is 9.80. The molecule has 4 rings (SSSR count).